The van der Waals surface area contributed by atoms with Gasteiger partial charge < -0.3 is 4.74 Å². The van der Waals surface area contributed by atoms with Gasteiger partial charge in [0.15, 0.2) is 0 Å². The maximum absolute atomic E-state index is 6.43. The van der Waals surface area contributed by atoms with Gasteiger partial charge in [-0.05, 0) is 99.3 Å². The van der Waals surface area contributed by atoms with E-state index in [1.807, 2.05) is 23.5 Å². The van der Waals surface area contributed by atoms with Crippen LogP contribution in [0, 0.1) is 6.92 Å². The van der Waals surface area contributed by atoms with Crippen molar-refractivity contribution in [3.05, 3.63) is 192 Å². The van der Waals surface area contributed by atoms with Crippen molar-refractivity contribution in [1.29, 1.82) is 0 Å². The molecule has 0 radical (unpaired) electrons. The quantitative estimate of drug-likeness (QED) is 0.143. The molecule has 1 aliphatic rings. The lowest BCUT2D eigenvalue weighted by Crippen LogP contribution is -2.02. The topological polar surface area (TPSA) is 9.23 Å². The van der Waals surface area contributed by atoms with E-state index in [1.54, 1.807) is 0 Å². The molecule has 0 bridgehead atoms. The van der Waals surface area contributed by atoms with Crippen molar-refractivity contribution in [2.24, 2.45) is 0 Å². The van der Waals surface area contributed by atoms with E-state index in [9.17, 15) is 0 Å². The summed E-state index contributed by atoms with van der Waals surface area (Å²) >= 11 is 1.86. The van der Waals surface area contributed by atoms with Gasteiger partial charge >= 0.3 is 0 Å². The van der Waals surface area contributed by atoms with Crippen molar-refractivity contribution < 1.29 is 4.74 Å². The summed E-state index contributed by atoms with van der Waals surface area (Å²) in [5.41, 5.74) is 14.5. The monoisotopic (exact) mass is 702 g/mol. The third-order valence-electron chi connectivity index (χ3n) is 10.2. The molecule has 0 fully saturated rings. The van der Waals surface area contributed by atoms with Gasteiger partial charge in [0.25, 0.3) is 0 Å². The fourth-order valence-corrected chi connectivity index (χ4v) is 8.68. The molecule has 1 nitrogen and oxygen atoms in total. The summed E-state index contributed by atoms with van der Waals surface area (Å²) in [5, 5.41) is 1.29. The van der Waals surface area contributed by atoms with E-state index in [1.165, 1.54) is 70.6 Å². The Bertz CT molecular complexity index is 2540. The van der Waals surface area contributed by atoms with Gasteiger partial charge in [-0.1, -0.05) is 159 Å². The lowest BCUT2D eigenvalue weighted by atomic mass is 9.90. The number of allylic oxidation sites excluding steroid dienone is 5. The van der Waals surface area contributed by atoms with Crippen LogP contribution < -0.4 is 4.74 Å². The molecule has 2 heteroatoms. The Kier molecular flexibility index (Phi) is 9.88. The first kappa shape index (κ1) is 34.1. The molecule has 53 heavy (non-hydrogen) atoms. The second-order valence-corrected chi connectivity index (χ2v) is 14.8. The van der Waals surface area contributed by atoms with Crippen LogP contribution in [0.3, 0.4) is 0 Å². The summed E-state index contributed by atoms with van der Waals surface area (Å²) in [6.45, 7) is 8.85. The highest BCUT2D eigenvalue weighted by Crippen LogP contribution is 2.42. The van der Waals surface area contributed by atoms with E-state index < -0.39 is 0 Å². The predicted octanol–water partition coefficient (Wildman–Crippen LogP) is 14.7. The van der Waals surface area contributed by atoms with Crippen LogP contribution in [-0.4, -0.2) is 6.61 Å². The molecule has 0 amide bonds. The average molecular weight is 703 g/mol. The Morgan fingerprint density at radius 3 is 1.79 bits per heavy atom. The van der Waals surface area contributed by atoms with Crippen molar-refractivity contribution in [3.8, 4) is 61.4 Å². The highest BCUT2D eigenvalue weighted by Gasteiger charge is 2.18. The molecule has 8 rings (SSSR count). The lowest BCUT2D eigenvalue weighted by molar-refractivity contribution is 0.359. The lowest BCUT2D eigenvalue weighted by Gasteiger charge is -2.19. The van der Waals surface area contributed by atoms with Gasteiger partial charge in [0, 0.05) is 32.0 Å². The molecule has 0 saturated carbocycles. The van der Waals surface area contributed by atoms with Gasteiger partial charge in [-0.2, -0.15) is 0 Å². The van der Waals surface area contributed by atoms with Crippen LogP contribution in [0.5, 0.6) is 5.75 Å². The van der Waals surface area contributed by atoms with Crippen LogP contribution >= 0.6 is 11.3 Å². The molecule has 0 aliphatic carbocycles. The molecular weight excluding hydrogens is 661 g/mol. The van der Waals surface area contributed by atoms with Crippen molar-refractivity contribution in [3.63, 3.8) is 0 Å². The predicted molar refractivity (Wildman–Crippen MR) is 230 cm³/mol. The Morgan fingerprint density at radius 2 is 1.19 bits per heavy atom. The summed E-state index contributed by atoms with van der Waals surface area (Å²) in [5.74, 6) is 1.29. The number of hydrogen-bond acceptors (Lipinski definition) is 2. The fraction of sp³-hybridized carbons (Fsp3) is 0.0980. The Labute approximate surface area is 317 Å². The summed E-state index contributed by atoms with van der Waals surface area (Å²) < 4.78 is 7.75. The Hall–Kier alpha value is -5.96. The highest BCUT2D eigenvalue weighted by atomic mass is 32.1. The molecule has 1 atom stereocenters. The van der Waals surface area contributed by atoms with Gasteiger partial charge in [-0.3, -0.25) is 0 Å². The minimum absolute atomic E-state index is 0.309. The molecular formula is C51H42OS. The van der Waals surface area contributed by atoms with Crippen LogP contribution in [0.25, 0.3) is 71.8 Å². The van der Waals surface area contributed by atoms with Gasteiger partial charge in [0.2, 0.25) is 0 Å². The van der Waals surface area contributed by atoms with Crippen LogP contribution in [0.2, 0.25) is 0 Å². The van der Waals surface area contributed by atoms with Gasteiger partial charge in [-0.15, -0.1) is 11.3 Å². The third kappa shape index (κ3) is 6.99. The largest absolute Gasteiger partial charge is 0.489 e. The van der Waals surface area contributed by atoms with Gasteiger partial charge in [0.05, 0.1) is 0 Å². The van der Waals surface area contributed by atoms with Crippen LogP contribution in [-0.2, 0) is 0 Å². The summed E-state index contributed by atoms with van der Waals surface area (Å²) in [4.78, 5) is 1.32. The van der Waals surface area contributed by atoms with Gasteiger partial charge in [-0.25, -0.2) is 0 Å². The average Bonchev–Trinajstić information content (AvgIpc) is 3.59. The van der Waals surface area contributed by atoms with Crippen LogP contribution in [0.1, 0.15) is 35.3 Å². The first-order chi connectivity index (χ1) is 26.1. The number of ether oxygens (including phenoxy) is 1. The third-order valence-corrected chi connectivity index (χ3v) is 11.4. The summed E-state index contributed by atoms with van der Waals surface area (Å²) in [6, 6.07) is 48.8. The molecule has 1 aliphatic heterocycles. The second-order valence-electron chi connectivity index (χ2n) is 13.5. The number of rotatable bonds is 8. The second kappa shape index (κ2) is 15.3. The van der Waals surface area contributed by atoms with Crippen molar-refractivity contribution in [1.82, 2.24) is 0 Å². The molecule has 1 unspecified atom stereocenters. The highest BCUT2D eigenvalue weighted by molar-refractivity contribution is 7.20. The summed E-state index contributed by atoms with van der Waals surface area (Å²) in [7, 11) is 0. The van der Waals surface area contributed by atoms with E-state index in [0.29, 0.717) is 12.5 Å². The standard InChI is InChI=1S/C51H42OS/c1-4-6-25-45-35(3)53-51-48(28-15-29-49(45)51)44-24-13-22-42(34-44)40-20-11-18-38(32-40)37-17-10-19-39(31-37)41-21-12-23-43(33-41)47-27-14-26-46-36(5-2)16-8-7-9-30-52-50(46)47/h4,6-29,31-34,36H,1,5,30H2,2-3H3/b9-7-,16-8-,25-6-. The van der Waals surface area contributed by atoms with Crippen molar-refractivity contribution in [2.45, 2.75) is 26.2 Å². The first-order valence-corrected chi connectivity index (χ1v) is 19.3. The molecule has 7 aromatic rings. The Morgan fingerprint density at radius 1 is 0.660 bits per heavy atom. The molecule has 0 N–H and O–H groups in total. The number of para-hydroxylation sites is 1. The zero-order chi connectivity index (χ0) is 36.1. The van der Waals surface area contributed by atoms with Crippen molar-refractivity contribution in [2.75, 3.05) is 6.61 Å². The molecule has 6 aromatic carbocycles. The zero-order valence-electron chi connectivity index (χ0n) is 30.3. The molecule has 0 saturated heterocycles. The van der Waals surface area contributed by atoms with E-state index >= 15 is 0 Å². The minimum atomic E-state index is 0.309. The number of aryl methyl sites for hydroxylation is 1. The fourth-order valence-electron chi connectivity index (χ4n) is 7.50. The maximum atomic E-state index is 6.43. The molecule has 1 aromatic heterocycles. The number of hydrogen-bond donors (Lipinski definition) is 0. The molecule has 2 heterocycles. The molecule has 0 spiro atoms. The first-order valence-electron chi connectivity index (χ1n) is 18.4. The number of fused-ring (bicyclic) bond motifs is 2. The van der Waals surface area contributed by atoms with E-state index in [2.05, 4.69) is 184 Å². The smallest absolute Gasteiger partial charge is 0.131 e. The Balaban J connectivity index is 1.11. The molecule has 258 valence electrons. The van der Waals surface area contributed by atoms with Crippen LogP contribution in [0.4, 0.5) is 0 Å². The van der Waals surface area contributed by atoms with Crippen LogP contribution in [0.15, 0.2) is 176 Å². The van der Waals surface area contributed by atoms with Gasteiger partial charge in [0.1, 0.15) is 12.4 Å². The minimum Gasteiger partial charge on any atom is -0.489 e. The van der Waals surface area contributed by atoms with E-state index in [-0.39, 0.29) is 0 Å². The van der Waals surface area contributed by atoms with E-state index in [0.717, 1.165) is 23.3 Å². The maximum Gasteiger partial charge on any atom is 0.131 e. The number of thiophene rings is 1. The van der Waals surface area contributed by atoms with Crippen molar-refractivity contribution >= 4 is 27.5 Å². The SMILES string of the molecule is C=C/C=C\c1c(C)sc2c(-c3cccc(-c4cccc(-c5cccc(-c6cccc(-c7cccc8c7OC/C=C\C=C/C8CC)c6)c5)c4)c3)cccc12. The normalized spacial score (nSPS) is 15.2. The zero-order valence-corrected chi connectivity index (χ0v) is 31.1. The number of benzene rings is 6. The van der Waals surface area contributed by atoms with E-state index in [4.69, 9.17) is 4.74 Å². The summed E-state index contributed by atoms with van der Waals surface area (Å²) in [6.07, 6.45) is 15.6.